The summed E-state index contributed by atoms with van der Waals surface area (Å²) >= 11 is 0. The van der Waals surface area contributed by atoms with Crippen molar-refractivity contribution in [1.29, 1.82) is 0 Å². The summed E-state index contributed by atoms with van der Waals surface area (Å²) in [5, 5.41) is 24.6. The van der Waals surface area contributed by atoms with Gasteiger partial charge in [0.2, 0.25) is 5.79 Å². The highest BCUT2D eigenvalue weighted by Gasteiger charge is 2.78. The molecule has 3 spiro atoms. The number of rotatable bonds is 2. The van der Waals surface area contributed by atoms with E-state index in [0.717, 1.165) is 38.5 Å². The van der Waals surface area contributed by atoms with Crippen LogP contribution in [-0.2, 0) is 28.4 Å². The molecule has 3 heterocycles. The van der Waals surface area contributed by atoms with Crippen LogP contribution in [0, 0.1) is 34.5 Å². The molecule has 2 N–H and O–H groups in total. The normalized spacial score (nSPS) is 57.3. The topological polar surface area (TPSA) is 95.8 Å². The summed E-state index contributed by atoms with van der Waals surface area (Å²) in [5.41, 5.74) is -2.40. The monoisotopic (exact) mass is 506 g/mol. The van der Waals surface area contributed by atoms with E-state index < -0.39 is 34.3 Å². The van der Waals surface area contributed by atoms with Gasteiger partial charge in [-0.05, 0) is 62.2 Å². The Kier molecular flexibility index (Phi) is 5.27. The van der Waals surface area contributed by atoms with Gasteiger partial charge in [-0.3, -0.25) is 0 Å². The van der Waals surface area contributed by atoms with Crippen molar-refractivity contribution in [1.82, 2.24) is 0 Å². The van der Waals surface area contributed by atoms with E-state index in [1.54, 1.807) is 0 Å². The molecule has 0 aromatic heterocycles. The van der Waals surface area contributed by atoms with Crippen molar-refractivity contribution in [2.24, 2.45) is 34.5 Å². The Morgan fingerprint density at radius 3 is 2.47 bits per heavy atom. The van der Waals surface area contributed by atoms with Gasteiger partial charge in [0.25, 0.3) is 0 Å². The summed E-state index contributed by atoms with van der Waals surface area (Å²) in [6, 6.07) is 0. The number of aliphatic hydroxyl groups is 2. The molecule has 10 atom stereocenters. The van der Waals surface area contributed by atoms with Crippen molar-refractivity contribution in [2.75, 3.05) is 33.4 Å². The second-order valence-corrected chi connectivity index (χ2v) is 13.2. The molecule has 7 rings (SSSR count). The third kappa shape index (κ3) is 2.73. The Hall–Kier alpha value is -0.580. The highest BCUT2D eigenvalue weighted by Crippen LogP contribution is 2.74. The molecular weight excluding hydrogens is 464 g/mol. The van der Waals surface area contributed by atoms with Gasteiger partial charge in [0.1, 0.15) is 12.2 Å². The fourth-order valence-electron chi connectivity index (χ4n) is 10.7. The van der Waals surface area contributed by atoms with E-state index in [0.29, 0.717) is 38.6 Å². The predicted molar refractivity (Wildman–Crippen MR) is 127 cm³/mol. The van der Waals surface area contributed by atoms with Crippen molar-refractivity contribution in [3.8, 4) is 0 Å². The molecule has 4 aliphatic carbocycles. The first-order valence-electron chi connectivity index (χ1n) is 14.0. The SMILES string of the molecule is C=CC[C@@H]1C[C@@H]2[C@H]([C@@H](O)C[C@@]3(C)[C@H]2CC[C@@]32OCOC23COCO3)[C@@]2(C)CCC3(C[C@]12O)OCCO3. The van der Waals surface area contributed by atoms with Crippen LogP contribution in [0.1, 0.15) is 65.2 Å². The first-order chi connectivity index (χ1) is 17.2. The van der Waals surface area contributed by atoms with Crippen LogP contribution in [0.3, 0.4) is 0 Å². The van der Waals surface area contributed by atoms with E-state index in [1.807, 2.05) is 6.08 Å². The van der Waals surface area contributed by atoms with Crippen molar-refractivity contribution in [2.45, 2.75) is 94.1 Å². The first-order valence-corrected chi connectivity index (χ1v) is 14.0. The average Bonchev–Trinajstić information content (AvgIpc) is 3.62. The predicted octanol–water partition coefficient (Wildman–Crippen LogP) is 3.10. The van der Waals surface area contributed by atoms with Gasteiger partial charge in [-0.15, -0.1) is 6.58 Å². The molecular formula is C28H42O8. The molecule has 0 bridgehead atoms. The van der Waals surface area contributed by atoms with Crippen LogP contribution in [-0.4, -0.2) is 72.5 Å². The molecule has 7 fully saturated rings. The molecule has 0 aromatic carbocycles. The van der Waals surface area contributed by atoms with E-state index in [2.05, 4.69) is 20.4 Å². The molecule has 0 radical (unpaired) electrons. The second kappa shape index (κ2) is 7.75. The van der Waals surface area contributed by atoms with Crippen LogP contribution < -0.4 is 0 Å². The Morgan fingerprint density at radius 2 is 1.75 bits per heavy atom. The van der Waals surface area contributed by atoms with Gasteiger partial charge in [0.05, 0.1) is 24.9 Å². The number of allylic oxidation sites excluding steroid dienone is 1. The molecule has 3 saturated heterocycles. The lowest BCUT2D eigenvalue weighted by Gasteiger charge is -2.68. The van der Waals surface area contributed by atoms with E-state index in [4.69, 9.17) is 28.4 Å². The van der Waals surface area contributed by atoms with Crippen LogP contribution in [0.4, 0.5) is 0 Å². The Labute approximate surface area is 213 Å². The molecule has 36 heavy (non-hydrogen) atoms. The maximum atomic E-state index is 12.6. The van der Waals surface area contributed by atoms with Crippen LogP contribution >= 0.6 is 0 Å². The summed E-state index contributed by atoms with van der Waals surface area (Å²) < 4.78 is 36.6. The Balaban J connectivity index is 1.29. The fourth-order valence-corrected chi connectivity index (χ4v) is 10.7. The Bertz CT molecular complexity index is 908. The van der Waals surface area contributed by atoms with Gasteiger partial charge in [-0.1, -0.05) is 19.9 Å². The van der Waals surface area contributed by atoms with Crippen molar-refractivity contribution in [3.63, 3.8) is 0 Å². The lowest BCUT2D eigenvalue weighted by Crippen LogP contribution is -2.72. The maximum absolute atomic E-state index is 12.6. The van der Waals surface area contributed by atoms with Crippen molar-refractivity contribution >= 4 is 0 Å². The van der Waals surface area contributed by atoms with E-state index in [9.17, 15) is 10.2 Å². The molecule has 8 nitrogen and oxygen atoms in total. The van der Waals surface area contributed by atoms with E-state index in [-0.39, 0.29) is 36.8 Å². The molecule has 8 heteroatoms. The minimum atomic E-state index is -0.993. The van der Waals surface area contributed by atoms with Crippen LogP contribution in [0.15, 0.2) is 12.7 Å². The third-order valence-electron chi connectivity index (χ3n) is 12.2. The summed E-state index contributed by atoms with van der Waals surface area (Å²) in [4.78, 5) is 0. The van der Waals surface area contributed by atoms with Crippen LogP contribution in [0.25, 0.3) is 0 Å². The molecule has 3 aliphatic heterocycles. The molecule has 4 saturated carbocycles. The quantitative estimate of drug-likeness (QED) is 0.552. The van der Waals surface area contributed by atoms with Crippen LogP contribution in [0.5, 0.6) is 0 Å². The lowest BCUT2D eigenvalue weighted by molar-refractivity contribution is -0.320. The zero-order chi connectivity index (χ0) is 25.0. The maximum Gasteiger partial charge on any atom is 0.226 e. The van der Waals surface area contributed by atoms with Gasteiger partial charge in [0, 0.05) is 23.7 Å². The number of hydrogen-bond donors (Lipinski definition) is 2. The summed E-state index contributed by atoms with van der Waals surface area (Å²) in [5.74, 6) is -0.994. The van der Waals surface area contributed by atoms with Gasteiger partial charge < -0.3 is 38.6 Å². The second-order valence-electron chi connectivity index (χ2n) is 13.2. The molecule has 1 unspecified atom stereocenters. The van der Waals surface area contributed by atoms with Gasteiger partial charge in [-0.25, -0.2) is 0 Å². The minimum absolute atomic E-state index is 0.00504. The standard InChI is InChI=1S/C28H42O8/c1-4-5-18-12-19-20-6-7-27(28(36-17-34-27)15-31-16-35-28)24(20,3)13-21(29)22(19)23(2)8-9-25(14-26(18,23)30)32-10-11-33-25/h4,18-22,29-30H,1,5-17H2,2-3H3/t18-,19+,20+,21+,22-,23-,24+,26+,27-,28?/m1/s1. The third-order valence-corrected chi connectivity index (χ3v) is 12.2. The van der Waals surface area contributed by atoms with Crippen molar-refractivity contribution in [3.05, 3.63) is 12.7 Å². The zero-order valence-corrected chi connectivity index (χ0v) is 21.7. The number of aliphatic hydroxyl groups excluding tert-OH is 1. The number of hydrogen-bond acceptors (Lipinski definition) is 8. The highest BCUT2D eigenvalue weighted by molar-refractivity contribution is 5.25. The van der Waals surface area contributed by atoms with Crippen LogP contribution in [0.2, 0.25) is 0 Å². The first kappa shape index (κ1) is 24.5. The summed E-state index contributed by atoms with van der Waals surface area (Å²) in [6.07, 6.45) is 7.36. The number of ether oxygens (including phenoxy) is 6. The van der Waals surface area contributed by atoms with Gasteiger partial charge in [0.15, 0.2) is 19.4 Å². The summed E-state index contributed by atoms with van der Waals surface area (Å²) in [6.45, 7) is 10.5. The molecule has 7 aliphatic rings. The average molecular weight is 507 g/mol. The largest absolute Gasteiger partial charge is 0.393 e. The minimum Gasteiger partial charge on any atom is -0.393 e. The zero-order valence-electron chi connectivity index (χ0n) is 21.7. The molecule has 202 valence electrons. The molecule has 0 amide bonds. The van der Waals surface area contributed by atoms with E-state index >= 15 is 0 Å². The Morgan fingerprint density at radius 1 is 0.972 bits per heavy atom. The number of fused-ring (bicyclic) bond motifs is 7. The summed E-state index contributed by atoms with van der Waals surface area (Å²) in [7, 11) is 0. The molecule has 0 aromatic rings. The highest BCUT2D eigenvalue weighted by atomic mass is 16.9. The van der Waals surface area contributed by atoms with Crippen molar-refractivity contribution < 1.29 is 38.6 Å². The van der Waals surface area contributed by atoms with Gasteiger partial charge in [-0.2, -0.15) is 0 Å². The fraction of sp³-hybridized carbons (Fsp3) is 0.929. The smallest absolute Gasteiger partial charge is 0.226 e. The van der Waals surface area contributed by atoms with Gasteiger partial charge >= 0.3 is 0 Å². The lowest BCUT2D eigenvalue weighted by atomic mass is 9.39. The van der Waals surface area contributed by atoms with E-state index in [1.165, 1.54) is 0 Å².